The zero-order valence-corrected chi connectivity index (χ0v) is 13.2. The topological polar surface area (TPSA) is 44.1 Å². The fourth-order valence-corrected chi connectivity index (χ4v) is 3.69. The van der Waals surface area contributed by atoms with Crippen LogP contribution in [0.2, 0.25) is 5.15 Å². The number of rotatable bonds is 3. The first kappa shape index (κ1) is 14.5. The Morgan fingerprint density at radius 3 is 3.10 bits per heavy atom. The third-order valence-corrected chi connectivity index (χ3v) is 5.15. The molecule has 2 aromatic rings. The molecule has 0 saturated heterocycles. The molecule has 1 aliphatic heterocycles. The normalized spacial score (nSPS) is 17.3. The molecule has 0 N–H and O–H groups in total. The van der Waals surface area contributed by atoms with Crippen molar-refractivity contribution in [3.05, 3.63) is 52.6 Å². The number of imidazole rings is 1. The fourth-order valence-electron chi connectivity index (χ4n) is 2.36. The quantitative estimate of drug-likeness (QED) is 0.814. The molecule has 0 fully saturated rings. The lowest BCUT2D eigenvalue weighted by molar-refractivity contribution is -0.144. The number of fused-ring (bicyclic) bond motifs is 1. The van der Waals surface area contributed by atoms with Crippen molar-refractivity contribution >= 4 is 29.3 Å². The largest absolute Gasteiger partial charge is 0.456 e. The summed E-state index contributed by atoms with van der Waals surface area (Å²) in [6.07, 6.45) is 2.55. The van der Waals surface area contributed by atoms with Gasteiger partial charge in [-0.25, -0.2) is 4.98 Å². The Hall–Kier alpha value is -1.46. The Bertz CT molecular complexity index is 671. The van der Waals surface area contributed by atoms with Gasteiger partial charge in [0.2, 0.25) is 0 Å². The van der Waals surface area contributed by atoms with Crippen LogP contribution in [0, 0.1) is 0 Å². The highest BCUT2D eigenvalue weighted by atomic mass is 35.5. The van der Waals surface area contributed by atoms with Crippen LogP contribution in [0.25, 0.3) is 0 Å². The van der Waals surface area contributed by atoms with Gasteiger partial charge in [0.15, 0.2) is 0 Å². The summed E-state index contributed by atoms with van der Waals surface area (Å²) < 4.78 is 7.12. The van der Waals surface area contributed by atoms with E-state index in [2.05, 4.69) is 11.1 Å². The minimum Gasteiger partial charge on any atom is -0.456 e. The molecule has 1 aromatic carbocycles. The number of aryl methyl sites for hydroxylation is 1. The smallest absolute Gasteiger partial charge is 0.324 e. The van der Waals surface area contributed by atoms with E-state index in [0.29, 0.717) is 11.0 Å². The molecule has 4 nitrogen and oxygen atoms in total. The Labute approximate surface area is 132 Å². The Morgan fingerprint density at radius 1 is 1.52 bits per heavy atom. The summed E-state index contributed by atoms with van der Waals surface area (Å²) in [5.74, 6) is 1.36. The number of halogens is 1. The van der Waals surface area contributed by atoms with Gasteiger partial charge in [0.05, 0.1) is 6.20 Å². The fraction of sp³-hybridized carbons (Fsp3) is 0.333. The Morgan fingerprint density at radius 2 is 2.33 bits per heavy atom. The summed E-state index contributed by atoms with van der Waals surface area (Å²) in [4.78, 5) is 16.5. The number of hydrogen-bond acceptors (Lipinski definition) is 4. The van der Waals surface area contributed by atoms with E-state index in [1.54, 1.807) is 29.6 Å². The molecule has 1 aliphatic rings. The van der Waals surface area contributed by atoms with Crippen LogP contribution in [0.5, 0.6) is 0 Å². The van der Waals surface area contributed by atoms with E-state index in [9.17, 15) is 4.79 Å². The Kier molecular flexibility index (Phi) is 4.22. The average Bonchev–Trinajstić information content (AvgIpc) is 2.84. The highest BCUT2D eigenvalue weighted by molar-refractivity contribution is 8.00. The van der Waals surface area contributed by atoms with Gasteiger partial charge < -0.3 is 9.30 Å². The summed E-state index contributed by atoms with van der Waals surface area (Å²) in [7, 11) is 1.79. The second-order valence-electron chi connectivity index (χ2n) is 4.86. The van der Waals surface area contributed by atoms with Gasteiger partial charge in [-0.05, 0) is 23.3 Å². The van der Waals surface area contributed by atoms with E-state index in [1.165, 1.54) is 5.56 Å². The molecule has 1 atom stereocenters. The summed E-state index contributed by atoms with van der Waals surface area (Å²) in [5, 5.41) is 0.282. The molecule has 0 saturated carbocycles. The van der Waals surface area contributed by atoms with Gasteiger partial charge in [-0.2, -0.15) is 0 Å². The maximum absolute atomic E-state index is 12.3. The number of aromatic nitrogens is 2. The first-order valence-corrected chi connectivity index (χ1v) is 8.11. The Balaban J connectivity index is 1.71. The van der Waals surface area contributed by atoms with Gasteiger partial charge in [0.25, 0.3) is 0 Å². The monoisotopic (exact) mass is 322 g/mol. The molecular weight excluding hydrogens is 308 g/mol. The van der Waals surface area contributed by atoms with Crippen LogP contribution in [-0.2, 0) is 29.6 Å². The molecule has 21 heavy (non-hydrogen) atoms. The van der Waals surface area contributed by atoms with Crippen molar-refractivity contribution in [3.8, 4) is 0 Å². The van der Waals surface area contributed by atoms with E-state index >= 15 is 0 Å². The average molecular weight is 323 g/mol. The number of esters is 1. The summed E-state index contributed by atoms with van der Waals surface area (Å²) in [5.41, 5.74) is 2.30. The lowest BCUT2D eigenvalue weighted by atomic mass is 10.0. The third kappa shape index (κ3) is 2.94. The van der Waals surface area contributed by atoms with E-state index in [4.69, 9.17) is 16.3 Å². The van der Waals surface area contributed by atoms with Crippen molar-refractivity contribution in [1.29, 1.82) is 0 Å². The third-order valence-electron chi connectivity index (χ3n) is 3.58. The van der Waals surface area contributed by atoms with Gasteiger partial charge in [0.1, 0.15) is 22.8 Å². The first-order chi connectivity index (χ1) is 10.2. The van der Waals surface area contributed by atoms with Gasteiger partial charge in [-0.15, -0.1) is 11.8 Å². The van der Waals surface area contributed by atoms with Crippen molar-refractivity contribution in [2.45, 2.75) is 18.3 Å². The molecule has 0 unspecified atom stereocenters. The van der Waals surface area contributed by atoms with Crippen LogP contribution in [0.1, 0.15) is 22.2 Å². The molecule has 0 spiro atoms. The highest BCUT2D eigenvalue weighted by Crippen LogP contribution is 2.37. The highest BCUT2D eigenvalue weighted by Gasteiger charge is 2.28. The number of thioether (sulfide) groups is 1. The molecule has 110 valence electrons. The minimum atomic E-state index is -0.245. The van der Waals surface area contributed by atoms with Crippen molar-refractivity contribution in [2.24, 2.45) is 7.05 Å². The lowest BCUT2D eigenvalue weighted by Crippen LogP contribution is -2.19. The predicted octanol–water partition coefficient (Wildman–Crippen LogP) is 3.15. The molecule has 0 radical (unpaired) electrons. The van der Waals surface area contributed by atoms with Crippen LogP contribution < -0.4 is 0 Å². The molecular formula is C15H15ClN2O2S. The van der Waals surface area contributed by atoms with Crippen LogP contribution in [0.15, 0.2) is 30.5 Å². The van der Waals surface area contributed by atoms with Crippen molar-refractivity contribution in [3.63, 3.8) is 0 Å². The van der Waals surface area contributed by atoms with Gasteiger partial charge >= 0.3 is 5.97 Å². The van der Waals surface area contributed by atoms with E-state index in [-0.39, 0.29) is 17.8 Å². The molecule has 0 bridgehead atoms. The molecule has 3 rings (SSSR count). The van der Waals surface area contributed by atoms with Gasteiger partial charge in [0, 0.05) is 7.05 Å². The van der Waals surface area contributed by atoms with Crippen LogP contribution in [0.3, 0.4) is 0 Å². The lowest BCUT2D eigenvalue weighted by Gasteiger charge is -2.23. The maximum atomic E-state index is 12.3. The number of hydrogen-bond donors (Lipinski definition) is 0. The van der Waals surface area contributed by atoms with Crippen molar-refractivity contribution in [1.82, 2.24) is 9.55 Å². The number of carbonyl (C=O) groups excluding carboxylic acids is 1. The van der Waals surface area contributed by atoms with Crippen molar-refractivity contribution < 1.29 is 9.53 Å². The first-order valence-electron chi connectivity index (χ1n) is 6.69. The van der Waals surface area contributed by atoms with E-state index in [1.807, 2.05) is 18.2 Å². The van der Waals surface area contributed by atoms with Crippen molar-refractivity contribution in [2.75, 3.05) is 5.75 Å². The SMILES string of the molecule is Cn1c(Cl)cnc1COC(=O)[C@@H]1SCCc2ccccc21. The van der Waals surface area contributed by atoms with Gasteiger partial charge in [-0.1, -0.05) is 35.9 Å². The second kappa shape index (κ2) is 6.12. The van der Waals surface area contributed by atoms with Crippen LogP contribution >= 0.6 is 23.4 Å². The van der Waals surface area contributed by atoms with E-state index < -0.39 is 0 Å². The van der Waals surface area contributed by atoms with E-state index in [0.717, 1.165) is 17.7 Å². The zero-order valence-electron chi connectivity index (χ0n) is 11.6. The number of benzene rings is 1. The number of ether oxygens (including phenoxy) is 1. The zero-order chi connectivity index (χ0) is 14.8. The van der Waals surface area contributed by atoms with Crippen LogP contribution in [0.4, 0.5) is 0 Å². The molecule has 2 heterocycles. The maximum Gasteiger partial charge on any atom is 0.324 e. The predicted molar refractivity (Wildman–Crippen MR) is 83.4 cm³/mol. The summed E-state index contributed by atoms with van der Waals surface area (Å²) >= 11 is 7.55. The molecule has 6 heteroatoms. The number of nitrogens with zero attached hydrogens (tertiary/aromatic N) is 2. The molecule has 0 aliphatic carbocycles. The van der Waals surface area contributed by atoms with Gasteiger partial charge in [-0.3, -0.25) is 4.79 Å². The summed E-state index contributed by atoms with van der Waals surface area (Å²) in [6.45, 7) is 0.140. The second-order valence-corrected chi connectivity index (χ2v) is 6.46. The number of carbonyl (C=O) groups is 1. The molecule has 0 amide bonds. The van der Waals surface area contributed by atoms with Crippen LogP contribution in [-0.4, -0.2) is 21.3 Å². The minimum absolute atomic E-state index is 0.140. The molecule has 1 aromatic heterocycles. The standard InChI is InChI=1S/C15H15ClN2O2S/c1-18-12(16)8-17-13(18)9-20-15(19)14-11-5-3-2-4-10(11)6-7-21-14/h2-5,8,14H,6-7,9H2,1H3/t14-/m1/s1. The summed E-state index contributed by atoms with van der Waals surface area (Å²) in [6, 6.07) is 8.05.